The number of aryl methyl sites for hydroxylation is 2. The topological polar surface area (TPSA) is 113 Å². The molecular weight excluding hydrogens is 434 g/mol. The van der Waals surface area contributed by atoms with Crippen molar-refractivity contribution in [1.82, 2.24) is 24.3 Å². The van der Waals surface area contributed by atoms with Gasteiger partial charge in [0.2, 0.25) is 5.91 Å². The van der Waals surface area contributed by atoms with E-state index in [0.717, 1.165) is 35.6 Å². The Hall–Kier alpha value is -3.76. The zero-order chi connectivity index (χ0) is 23.7. The number of morpholine rings is 1. The van der Waals surface area contributed by atoms with Crippen LogP contribution in [-0.4, -0.2) is 63.1 Å². The Kier molecular flexibility index (Phi) is 5.99. The van der Waals surface area contributed by atoms with Crippen LogP contribution in [0.5, 0.6) is 0 Å². The first-order chi connectivity index (χ1) is 16.5. The molecule has 34 heavy (non-hydrogen) atoms. The standard InChI is InChI=1S/C24H27N7O3/c1-16-4-3-5-17(12-16)18-6-7-31(28-18)21-13-19(30-8-10-33-11-9-30)23-24(27-21)29(2)22(26-23)15-34-14-20(25)32/h3-7,12-13H,8-11,14-15H2,1-2H3,(H2,25,32). The Bertz CT molecular complexity index is 1340. The lowest BCUT2D eigenvalue weighted by Gasteiger charge is -2.29. The molecule has 1 saturated heterocycles. The lowest BCUT2D eigenvalue weighted by Crippen LogP contribution is -2.36. The van der Waals surface area contributed by atoms with Crippen LogP contribution in [0.1, 0.15) is 11.4 Å². The van der Waals surface area contributed by atoms with E-state index >= 15 is 0 Å². The van der Waals surface area contributed by atoms with Crippen LogP contribution >= 0.6 is 0 Å². The molecule has 0 atom stereocenters. The zero-order valence-corrected chi connectivity index (χ0v) is 19.3. The second kappa shape index (κ2) is 9.24. The molecule has 0 radical (unpaired) electrons. The molecule has 1 aliphatic rings. The average Bonchev–Trinajstić information content (AvgIpc) is 3.45. The van der Waals surface area contributed by atoms with Gasteiger partial charge in [-0.05, 0) is 19.1 Å². The number of aromatic nitrogens is 5. The van der Waals surface area contributed by atoms with E-state index in [-0.39, 0.29) is 13.2 Å². The largest absolute Gasteiger partial charge is 0.378 e. The smallest absolute Gasteiger partial charge is 0.243 e. The molecule has 1 amide bonds. The summed E-state index contributed by atoms with van der Waals surface area (Å²) >= 11 is 0. The highest BCUT2D eigenvalue weighted by molar-refractivity contribution is 5.88. The summed E-state index contributed by atoms with van der Waals surface area (Å²) in [5.41, 5.74) is 10.8. The second-order valence-electron chi connectivity index (χ2n) is 8.33. The molecule has 176 valence electrons. The second-order valence-corrected chi connectivity index (χ2v) is 8.33. The molecule has 0 spiro atoms. The van der Waals surface area contributed by atoms with Gasteiger partial charge in [-0.2, -0.15) is 5.10 Å². The number of nitrogens with two attached hydrogens (primary N) is 1. The van der Waals surface area contributed by atoms with Gasteiger partial charge in [-0.1, -0.05) is 23.8 Å². The van der Waals surface area contributed by atoms with Gasteiger partial charge in [0.1, 0.15) is 24.6 Å². The summed E-state index contributed by atoms with van der Waals surface area (Å²) in [5.74, 6) is 0.841. The molecule has 1 fully saturated rings. The third-order valence-corrected chi connectivity index (χ3v) is 5.85. The molecule has 0 aliphatic carbocycles. The van der Waals surface area contributed by atoms with Gasteiger partial charge < -0.3 is 24.7 Å². The summed E-state index contributed by atoms with van der Waals surface area (Å²) in [6.07, 6.45) is 1.92. The minimum atomic E-state index is -0.517. The van der Waals surface area contributed by atoms with Gasteiger partial charge >= 0.3 is 0 Å². The summed E-state index contributed by atoms with van der Waals surface area (Å²) in [6, 6.07) is 12.3. The molecule has 4 aromatic rings. The SMILES string of the molecule is Cc1cccc(-c2ccn(-c3cc(N4CCOCC4)c4nc(COCC(N)=O)n(C)c4n3)n2)c1. The first kappa shape index (κ1) is 22.1. The minimum absolute atomic E-state index is 0.159. The Balaban J connectivity index is 1.57. The first-order valence-electron chi connectivity index (χ1n) is 11.2. The van der Waals surface area contributed by atoms with Crippen molar-refractivity contribution in [2.24, 2.45) is 12.8 Å². The number of benzene rings is 1. The molecule has 0 saturated carbocycles. The number of carbonyl (C=O) groups excluding carboxylic acids is 1. The monoisotopic (exact) mass is 461 g/mol. The maximum Gasteiger partial charge on any atom is 0.243 e. The summed E-state index contributed by atoms with van der Waals surface area (Å²) in [5, 5.41) is 4.80. The summed E-state index contributed by atoms with van der Waals surface area (Å²) in [4.78, 5) is 23.0. The molecule has 5 rings (SSSR count). The lowest BCUT2D eigenvalue weighted by molar-refractivity contribution is -0.122. The number of hydrogen-bond acceptors (Lipinski definition) is 7. The Morgan fingerprint density at radius 3 is 2.76 bits per heavy atom. The van der Waals surface area contributed by atoms with E-state index in [2.05, 4.69) is 30.0 Å². The van der Waals surface area contributed by atoms with E-state index in [4.69, 9.17) is 30.3 Å². The van der Waals surface area contributed by atoms with Crippen LogP contribution < -0.4 is 10.6 Å². The van der Waals surface area contributed by atoms with Crippen LogP contribution in [0.25, 0.3) is 28.2 Å². The predicted octanol–water partition coefficient (Wildman–Crippen LogP) is 1.97. The van der Waals surface area contributed by atoms with Crippen LogP contribution in [0, 0.1) is 6.92 Å². The summed E-state index contributed by atoms with van der Waals surface area (Å²) < 4.78 is 14.6. The van der Waals surface area contributed by atoms with Crippen molar-refractivity contribution in [3.05, 3.63) is 54.0 Å². The first-order valence-corrected chi connectivity index (χ1v) is 11.2. The van der Waals surface area contributed by atoms with E-state index in [1.807, 2.05) is 36.0 Å². The molecule has 4 heterocycles. The number of pyridine rings is 1. The molecule has 0 unspecified atom stereocenters. The molecule has 1 aliphatic heterocycles. The number of rotatable bonds is 7. The normalized spacial score (nSPS) is 14.1. The number of amides is 1. The van der Waals surface area contributed by atoms with Crippen molar-refractivity contribution in [2.75, 3.05) is 37.8 Å². The molecule has 2 N–H and O–H groups in total. The fourth-order valence-electron chi connectivity index (χ4n) is 4.11. The molecule has 1 aromatic carbocycles. The molecule has 10 heteroatoms. The van der Waals surface area contributed by atoms with Crippen LogP contribution in [0.15, 0.2) is 42.6 Å². The number of carbonyl (C=O) groups is 1. The zero-order valence-electron chi connectivity index (χ0n) is 19.3. The predicted molar refractivity (Wildman–Crippen MR) is 128 cm³/mol. The van der Waals surface area contributed by atoms with Gasteiger partial charge in [0, 0.05) is 38.0 Å². The number of ether oxygens (including phenoxy) is 2. The number of fused-ring (bicyclic) bond motifs is 1. The average molecular weight is 462 g/mol. The van der Waals surface area contributed by atoms with Crippen LogP contribution in [0.4, 0.5) is 5.69 Å². The van der Waals surface area contributed by atoms with E-state index in [1.165, 1.54) is 5.56 Å². The minimum Gasteiger partial charge on any atom is -0.378 e. The third kappa shape index (κ3) is 4.37. The van der Waals surface area contributed by atoms with Crippen molar-refractivity contribution in [3.63, 3.8) is 0 Å². The quantitative estimate of drug-likeness (QED) is 0.448. The highest BCUT2D eigenvalue weighted by Gasteiger charge is 2.21. The fraction of sp³-hybridized carbons (Fsp3) is 0.333. The summed E-state index contributed by atoms with van der Waals surface area (Å²) in [7, 11) is 1.89. The van der Waals surface area contributed by atoms with Gasteiger partial charge in [0.15, 0.2) is 11.5 Å². The maximum absolute atomic E-state index is 11.1. The Labute approximate surface area is 196 Å². The van der Waals surface area contributed by atoms with Crippen LogP contribution in [-0.2, 0) is 27.9 Å². The van der Waals surface area contributed by atoms with Crippen molar-refractivity contribution >= 4 is 22.8 Å². The van der Waals surface area contributed by atoms with Crippen molar-refractivity contribution in [2.45, 2.75) is 13.5 Å². The molecule has 3 aromatic heterocycles. The third-order valence-electron chi connectivity index (χ3n) is 5.85. The molecular formula is C24H27N7O3. The van der Waals surface area contributed by atoms with Gasteiger partial charge in [-0.15, -0.1) is 0 Å². The van der Waals surface area contributed by atoms with Crippen molar-refractivity contribution < 1.29 is 14.3 Å². The lowest BCUT2D eigenvalue weighted by atomic mass is 10.1. The van der Waals surface area contributed by atoms with Crippen LogP contribution in [0.2, 0.25) is 0 Å². The Morgan fingerprint density at radius 1 is 1.18 bits per heavy atom. The summed E-state index contributed by atoms with van der Waals surface area (Å²) in [6.45, 7) is 4.89. The maximum atomic E-state index is 11.1. The number of imidazole rings is 1. The van der Waals surface area contributed by atoms with Gasteiger partial charge in [-0.25, -0.2) is 14.6 Å². The van der Waals surface area contributed by atoms with E-state index < -0.39 is 5.91 Å². The van der Waals surface area contributed by atoms with Crippen molar-refractivity contribution in [1.29, 1.82) is 0 Å². The fourth-order valence-corrected chi connectivity index (χ4v) is 4.11. The number of hydrogen-bond donors (Lipinski definition) is 1. The number of nitrogens with zero attached hydrogens (tertiary/aromatic N) is 6. The van der Waals surface area contributed by atoms with Gasteiger partial charge in [-0.3, -0.25) is 4.79 Å². The van der Waals surface area contributed by atoms with E-state index in [9.17, 15) is 4.79 Å². The van der Waals surface area contributed by atoms with Crippen LogP contribution in [0.3, 0.4) is 0 Å². The van der Waals surface area contributed by atoms with Gasteiger partial charge in [0.25, 0.3) is 0 Å². The highest BCUT2D eigenvalue weighted by Crippen LogP contribution is 2.29. The van der Waals surface area contributed by atoms with Gasteiger partial charge in [0.05, 0.1) is 24.6 Å². The molecule has 10 nitrogen and oxygen atoms in total. The van der Waals surface area contributed by atoms with E-state index in [0.29, 0.717) is 30.5 Å². The highest BCUT2D eigenvalue weighted by atomic mass is 16.5. The Morgan fingerprint density at radius 2 is 2.00 bits per heavy atom. The molecule has 0 bridgehead atoms. The van der Waals surface area contributed by atoms with E-state index in [1.54, 1.807) is 4.68 Å². The number of anilines is 1. The number of primary amides is 1. The van der Waals surface area contributed by atoms with Crippen molar-refractivity contribution in [3.8, 4) is 17.1 Å².